The number of halogens is 2. The van der Waals surface area contributed by atoms with Crippen molar-refractivity contribution in [3.8, 4) is 11.5 Å². The molecule has 0 spiro atoms. The number of hydrogen-bond donors (Lipinski definition) is 4. The Morgan fingerprint density at radius 1 is 1.00 bits per heavy atom. The number of benzene rings is 1. The van der Waals surface area contributed by atoms with Gasteiger partial charge in [0.2, 0.25) is 0 Å². The summed E-state index contributed by atoms with van der Waals surface area (Å²) >= 11 is 11.7. The smallest absolute Gasteiger partial charge is 0.251 e. The van der Waals surface area contributed by atoms with Crippen molar-refractivity contribution in [2.24, 2.45) is 10.2 Å². The first kappa shape index (κ1) is 26.7. The molecule has 0 aliphatic carbocycles. The third kappa shape index (κ3) is 7.11. The van der Waals surface area contributed by atoms with E-state index in [0.29, 0.717) is 59.3 Å². The van der Waals surface area contributed by atoms with Crippen molar-refractivity contribution in [1.29, 1.82) is 0 Å². The number of nitrogens with zero attached hydrogens (tertiary/aromatic N) is 5. The molecule has 0 fully saturated rings. The largest absolute Gasteiger partial charge is 0.506 e. The Balaban J connectivity index is 1.34. The van der Waals surface area contributed by atoms with E-state index < -0.39 is 5.91 Å². The summed E-state index contributed by atoms with van der Waals surface area (Å²) in [5.41, 5.74) is 7.85. The Morgan fingerprint density at radius 3 is 2.39 bits per heavy atom. The molecule has 1 aromatic carbocycles. The molecule has 4 N–H and O–H groups in total. The van der Waals surface area contributed by atoms with Crippen molar-refractivity contribution in [1.82, 2.24) is 20.8 Å². The number of ether oxygens (including phenoxy) is 1. The van der Waals surface area contributed by atoms with Gasteiger partial charge in [0.05, 0.1) is 18.1 Å². The molecule has 0 saturated carbocycles. The van der Waals surface area contributed by atoms with E-state index >= 15 is 0 Å². The standard InChI is InChI=1S/C25H24Cl2N8O3/c26-10-13-35(14-11-27)17-3-6-19(7-4-17)38-15-9-22(37)30-20-2-1-12-28-23(20)25-33-31-24(32-34-25)21-8-5-18(36)16-29-21/h1-9,12,15-16,36H,10-11,13-14H2,(H,30,37)(H,31,32)(H,33,34)/b15-9+. The number of pyridine rings is 2. The maximum Gasteiger partial charge on any atom is 0.251 e. The molecule has 3 aromatic rings. The minimum Gasteiger partial charge on any atom is -0.506 e. The number of nitrogens with one attached hydrogen (secondary N) is 3. The highest BCUT2D eigenvalue weighted by Gasteiger charge is 2.17. The van der Waals surface area contributed by atoms with Gasteiger partial charge < -0.3 is 20.1 Å². The molecule has 0 radical (unpaired) electrons. The number of aromatic hydroxyl groups is 1. The van der Waals surface area contributed by atoms with Gasteiger partial charge in [-0.15, -0.1) is 23.2 Å². The van der Waals surface area contributed by atoms with E-state index in [-0.39, 0.29) is 5.75 Å². The molecule has 0 atom stereocenters. The second-order valence-electron chi connectivity index (χ2n) is 7.71. The molecule has 11 nitrogen and oxygen atoms in total. The molecule has 38 heavy (non-hydrogen) atoms. The van der Waals surface area contributed by atoms with Crippen LogP contribution in [0.3, 0.4) is 0 Å². The number of aromatic nitrogens is 2. The summed E-state index contributed by atoms with van der Waals surface area (Å²) in [6, 6.07) is 13.9. The van der Waals surface area contributed by atoms with Crippen LogP contribution in [0.25, 0.3) is 0 Å². The lowest BCUT2D eigenvalue weighted by molar-refractivity contribution is -0.112. The minimum absolute atomic E-state index is 0.0427. The second kappa shape index (κ2) is 13.3. The van der Waals surface area contributed by atoms with E-state index in [2.05, 4.69) is 41.2 Å². The molecular formula is C25H24Cl2N8O3. The second-order valence-corrected chi connectivity index (χ2v) is 8.47. The SMILES string of the molecule is O=C(/C=C/Oc1ccc(N(CCCl)CCCl)cc1)Nc1cccnc1C1=NNC(c2ccc(O)cn2)=NN1. The lowest BCUT2D eigenvalue weighted by Gasteiger charge is -2.22. The summed E-state index contributed by atoms with van der Waals surface area (Å²) in [6.07, 6.45) is 5.44. The van der Waals surface area contributed by atoms with Crippen LogP contribution in [-0.2, 0) is 4.79 Å². The van der Waals surface area contributed by atoms with E-state index in [0.717, 1.165) is 5.69 Å². The lowest BCUT2D eigenvalue weighted by Crippen LogP contribution is -2.36. The Hall–Kier alpha value is -4.35. The van der Waals surface area contributed by atoms with Crippen LogP contribution >= 0.6 is 23.2 Å². The lowest BCUT2D eigenvalue weighted by atomic mass is 10.2. The minimum atomic E-state index is -0.423. The van der Waals surface area contributed by atoms with Crippen molar-refractivity contribution in [3.63, 3.8) is 0 Å². The van der Waals surface area contributed by atoms with Crippen LogP contribution in [0.4, 0.5) is 11.4 Å². The van der Waals surface area contributed by atoms with E-state index in [1.165, 1.54) is 24.6 Å². The van der Waals surface area contributed by atoms with E-state index in [1.807, 2.05) is 12.1 Å². The number of carbonyl (C=O) groups is 1. The van der Waals surface area contributed by atoms with Gasteiger partial charge in [-0.25, -0.2) is 4.98 Å². The van der Waals surface area contributed by atoms with Crippen LogP contribution in [0.5, 0.6) is 11.5 Å². The number of hydrazone groups is 2. The van der Waals surface area contributed by atoms with Crippen molar-refractivity contribution in [2.45, 2.75) is 0 Å². The van der Waals surface area contributed by atoms with Crippen LogP contribution in [-0.4, -0.2) is 57.5 Å². The van der Waals surface area contributed by atoms with Crippen LogP contribution in [0.15, 0.2) is 83.5 Å². The van der Waals surface area contributed by atoms with Gasteiger partial charge in [-0.3, -0.25) is 20.6 Å². The summed E-state index contributed by atoms with van der Waals surface area (Å²) in [5.74, 6) is 1.83. The zero-order valence-electron chi connectivity index (χ0n) is 20.0. The van der Waals surface area contributed by atoms with Crippen LogP contribution in [0.1, 0.15) is 11.4 Å². The number of carbonyl (C=O) groups excluding carboxylic acids is 1. The van der Waals surface area contributed by atoms with E-state index in [1.54, 1.807) is 36.5 Å². The first-order valence-electron chi connectivity index (χ1n) is 11.5. The summed E-state index contributed by atoms with van der Waals surface area (Å²) in [7, 11) is 0. The fourth-order valence-electron chi connectivity index (χ4n) is 3.37. The number of amidine groups is 2. The molecule has 0 bridgehead atoms. The molecule has 4 rings (SSSR count). The third-order valence-electron chi connectivity index (χ3n) is 5.16. The average molecular weight is 555 g/mol. The fraction of sp³-hybridized carbons (Fsp3) is 0.160. The molecule has 0 saturated heterocycles. The number of rotatable bonds is 11. The van der Waals surface area contributed by atoms with Crippen molar-refractivity contribution < 1.29 is 14.6 Å². The highest BCUT2D eigenvalue weighted by atomic mass is 35.5. The first-order valence-corrected chi connectivity index (χ1v) is 12.5. The summed E-state index contributed by atoms with van der Waals surface area (Å²) in [5, 5.41) is 20.6. The highest BCUT2D eigenvalue weighted by molar-refractivity contribution is 6.18. The zero-order chi connectivity index (χ0) is 26.7. The van der Waals surface area contributed by atoms with Gasteiger partial charge in [0.25, 0.3) is 5.91 Å². The van der Waals surface area contributed by atoms with Gasteiger partial charge in [0.15, 0.2) is 11.7 Å². The number of amides is 1. The van der Waals surface area contributed by atoms with E-state index in [4.69, 9.17) is 27.9 Å². The predicted molar refractivity (Wildman–Crippen MR) is 148 cm³/mol. The number of hydrogen-bond acceptors (Lipinski definition) is 10. The Kier molecular flexibility index (Phi) is 9.32. The normalized spacial score (nSPS) is 12.7. The Labute approximate surface area is 228 Å². The number of anilines is 2. The fourth-order valence-corrected chi connectivity index (χ4v) is 3.78. The summed E-state index contributed by atoms with van der Waals surface area (Å²) in [4.78, 5) is 23.0. The van der Waals surface area contributed by atoms with Gasteiger partial charge in [0, 0.05) is 42.8 Å². The van der Waals surface area contributed by atoms with E-state index in [9.17, 15) is 9.90 Å². The van der Waals surface area contributed by atoms with Gasteiger partial charge in [0.1, 0.15) is 22.9 Å². The van der Waals surface area contributed by atoms with Crippen molar-refractivity contribution >= 4 is 52.2 Å². The molecule has 1 amide bonds. The quantitative estimate of drug-likeness (QED) is 0.161. The monoisotopic (exact) mass is 554 g/mol. The highest BCUT2D eigenvalue weighted by Crippen LogP contribution is 2.20. The maximum atomic E-state index is 12.5. The van der Waals surface area contributed by atoms with Crippen LogP contribution in [0.2, 0.25) is 0 Å². The Morgan fingerprint density at radius 2 is 1.74 bits per heavy atom. The number of alkyl halides is 2. The van der Waals surface area contributed by atoms with Crippen LogP contribution < -0.4 is 25.8 Å². The molecular weight excluding hydrogens is 531 g/mol. The molecule has 1 aliphatic rings. The van der Waals surface area contributed by atoms with Crippen molar-refractivity contribution in [2.75, 3.05) is 35.1 Å². The average Bonchev–Trinajstić information content (AvgIpc) is 2.94. The van der Waals surface area contributed by atoms with Gasteiger partial charge >= 0.3 is 0 Å². The summed E-state index contributed by atoms with van der Waals surface area (Å²) in [6.45, 7) is 1.37. The topological polar surface area (TPSA) is 136 Å². The zero-order valence-corrected chi connectivity index (χ0v) is 21.5. The predicted octanol–water partition coefficient (Wildman–Crippen LogP) is 3.21. The maximum absolute atomic E-state index is 12.5. The molecule has 196 valence electrons. The molecule has 0 unspecified atom stereocenters. The Bertz CT molecular complexity index is 1330. The summed E-state index contributed by atoms with van der Waals surface area (Å²) < 4.78 is 5.56. The first-order chi connectivity index (χ1) is 18.6. The molecule has 2 aromatic heterocycles. The third-order valence-corrected chi connectivity index (χ3v) is 5.50. The molecule has 3 heterocycles. The molecule has 13 heteroatoms. The van der Waals surface area contributed by atoms with Gasteiger partial charge in [-0.2, -0.15) is 10.2 Å². The van der Waals surface area contributed by atoms with Crippen molar-refractivity contribution in [3.05, 3.63) is 84.7 Å². The molecule has 1 aliphatic heterocycles. The van der Waals surface area contributed by atoms with Gasteiger partial charge in [-0.05, 0) is 48.5 Å². The van der Waals surface area contributed by atoms with Gasteiger partial charge in [-0.1, -0.05) is 0 Å². The van der Waals surface area contributed by atoms with Crippen LogP contribution in [0, 0.1) is 0 Å².